The number of methoxy groups -OCH3 is 1. The highest BCUT2D eigenvalue weighted by Crippen LogP contribution is 2.24. The molecule has 0 amide bonds. The zero-order chi connectivity index (χ0) is 10.7. The molecule has 0 heterocycles. The third-order valence-electron chi connectivity index (χ3n) is 2.00. The molecule has 0 aliphatic carbocycles. The van der Waals surface area contributed by atoms with E-state index in [0.29, 0.717) is 5.02 Å². The van der Waals surface area contributed by atoms with Gasteiger partial charge in [0.05, 0.1) is 18.1 Å². The summed E-state index contributed by atoms with van der Waals surface area (Å²) >= 11 is 8.01. The first-order chi connectivity index (χ1) is 6.56. The summed E-state index contributed by atoms with van der Waals surface area (Å²) in [6.45, 7) is 1.81. The number of benzene rings is 1. The maximum absolute atomic E-state index is 11.3. The van der Waals surface area contributed by atoms with Crippen molar-refractivity contribution in [3.05, 3.63) is 32.4 Å². The molecule has 0 aliphatic heterocycles. The second kappa shape index (κ2) is 4.98. The SMILES string of the molecule is COC(=O)C(C)c1ccc(Cl)c(I)c1. The van der Waals surface area contributed by atoms with E-state index >= 15 is 0 Å². The molecule has 1 aromatic carbocycles. The standard InChI is InChI=1S/C10H10ClIO2/c1-6(10(13)14-2)7-3-4-8(11)9(12)5-7/h3-6H,1-2H3. The van der Waals surface area contributed by atoms with Crippen LogP contribution in [0.5, 0.6) is 0 Å². The minimum Gasteiger partial charge on any atom is -0.469 e. The molecule has 1 rings (SSSR count). The second-order valence-corrected chi connectivity index (χ2v) is 4.49. The van der Waals surface area contributed by atoms with Crippen molar-refractivity contribution < 1.29 is 9.53 Å². The molecule has 0 spiro atoms. The number of halogens is 2. The van der Waals surface area contributed by atoms with Gasteiger partial charge in [0.25, 0.3) is 0 Å². The third kappa shape index (κ3) is 2.60. The fraction of sp³-hybridized carbons (Fsp3) is 0.300. The summed E-state index contributed by atoms with van der Waals surface area (Å²) in [5, 5.41) is 0.700. The Morgan fingerprint density at radius 1 is 1.57 bits per heavy atom. The van der Waals surface area contributed by atoms with Crippen LogP contribution in [-0.4, -0.2) is 13.1 Å². The van der Waals surface area contributed by atoms with Crippen molar-refractivity contribution in [1.29, 1.82) is 0 Å². The van der Waals surface area contributed by atoms with E-state index in [9.17, 15) is 4.79 Å². The van der Waals surface area contributed by atoms with Gasteiger partial charge in [-0.2, -0.15) is 0 Å². The number of hydrogen-bond donors (Lipinski definition) is 0. The average Bonchev–Trinajstić information content (AvgIpc) is 2.20. The van der Waals surface area contributed by atoms with Crippen molar-refractivity contribution in [2.75, 3.05) is 7.11 Å². The van der Waals surface area contributed by atoms with E-state index < -0.39 is 0 Å². The largest absolute Gasteiger partial charge is 0.469 e. The molecule has 0 N–H and O–H groups in total. The topological polar surface area (TPSA) is 26.3 Å². The minimum absolute atomic E-state index is 0.233. The van der Waals surface area contributed by atoms with Gasteiger partial charge in [-0.05, 0) is 47.2 Å². The lowest BCUT2D eigenvalue weighted by molar-refractivity contribution is -0.141. The molecule has 1 unspecified atom stereocenters. The number of carbonyl (C=O) groups excluding carboxylic acids is 1. The van der Waals surface area contributed by atoms with Crippen LogP contribution in [0.25, 0.3) is 0 Å². The average molecular weight is 325 g/mol. The summed E-state index contributed by atoms with van der Waals surface area (Å²) < 4.78 is 5.60. The summed E-state index contributed by atoms with van der Waals surface area (Å²) in [5.41, 5.74) is 0.922. The smallest absolute Gasteiger partial charge is 0.312 e. The van der Waals surface area contributed by atoms with E-state index in [-0.39, 0.29) is 11.9 Å². The first-order valence-corrected chi connectivity index (χ1v) is 5.54. The van der Waals surface area contributed by atoms with Crippen molar-refractivity contribution >= 4 is 40.2 Å². The summed E-state index contributed by atoms with van der Waals surface area (Å²) in [4.78, 5) is 11.3. The number of hydrogen-bond acceptors (Lipinski definition) is 2. The summed E-state index contributed by atoms with van der Waals surface area (Å²) in [6.07, 6.45) is 0. The van der Waals surface area contributed by atoms with Crippen molar-refractivity contribution in [3.8, 4) is 0 Å². The lowest BCUT2D eigenvalue weighted by Gasteiger charge is -2.09. The summed E-state index contributed by atoms with van der Waals surface area (Å²) in [5.74, 6) is -0.478. The highest BCUT2D eigenvalue weighted by molar-refractivity contribution is 14.1. The van der Waals surface area contributed by atoms with Crippen molar-refractivity contribution in [2.24, 2.45) is 0 Å². The molecule has 0 saturated heterocycles. The van der Waals surface area contributed by atoms with Gasteiger partial charge in [-0.25, -0.2) is 0 Å². The normalized spacial score (nSPS) is 12.3. The van der Waals surface area contributed by atoms with Crippen molar-refractivity contribution in [2.45, 2.75) is 12.8 Å². The van der Waals surface area contributed by atoms with Crippen LogP contribution in [0.1, 0.15) is 18.4 Å². The molecule has 4 heteroatoms. The van der Waals surface area contributed by atoms with Gasteiger partial charge in [-0.1, -0.05) is 17.7 Å². The molecule has 0 aliphatic rings. The molecular formula is C10H10ClIO2. The Bertz CT molecular complexity index is 352. The van der Waals surface area contributed by atoms with Crippen LogP contribution in [0.3, 0.4) is 0 Å². The van der Waals surface area contributed by atoms with Crippen molar-refractivity contribution in [3.63, 3.8) is 0 Å². The van der Waals surface area contributed by atoms with E-state index in [1.807, 2.05) is 19.1 Å². The van der Waals surface area contributed by atoms with Crippen molar-refractivity contribution in [1.82, 2.24) is 0 Å². The zero-order valence-corrected chi connectivity index (χ0v) is 10.8. The second-order valence-electron chi connectivity index (χ2n) is 2.92. The summed E-state index contributed by atoms with van der Waals surface area (Å²) in [7, 11) is 1.39. The Morgan fingerprint density at radius 3 is 2.71 bits per heavy atom. The highest BCUT2D eigenvalue weighted by atomic mass is 127. The fourth-order valence-corrected chi connectivity index (χ4v) is 1.75. The Hall–Kier alpha value is -0.290. The maximum Gasteiger partial charge on any atom is 0.312 e. The lowest BCUT2D eigenvalue weighted by atomic mass is 10.0. The number of esters is 1. The van der Waals surface area contributed by atoms with Gasteiger partial charge in [-0.15, -0.1) is 0 Å². The molecule has 0 bridgehead atoms. The first-order valence-electron chi connectivity index (χ1n) is 4.09. The number of carbonyl (C=O) groups is 1. The Labute approximate surface area is 102 Å². The van der Waals surface area contributed by atoms with Crippen LogP contribution < -0.4 is 0 Å². The summed E-state index contributed by atoms with van der Waals surface area (Å²) in [6, 6.07) is 5.52. The molecule has 0 radical (unpaired) electrons. The predicted octanol–water partition coefficient (Wildman–Crippen LogP) is 3.22. The highest BCUT2D eigenvalue weighted by Gasteiger charge is 2.15. The van der Waals surface area contributed by atoms with Crippen LogP contribution in [0, 0.1) is 3.57 Å². The van der Waals surface area contributed by atoms with Gasteiger partial charge in [-0.3, -0.25) is 4.79 Å². The van der Waals surface area contributed by atoms with Gasteiger partial charge in [0.2, 0.25) is 0 Å². The van der Waals surface area contributed by atoms with Crippen LogP contribution in [0.15, 0.2) is 18.2 Å². The first kappa shape index (κ1) is 11.8. The van der Waals surface area contributed by atoms with E-state index in [4.69, 9.17) is 11.6 Å². The quantitative estimate of drug-likeness (QED) is 0.617. The van der Waals surface area contributed by atoms with Gasteiger partial charge >= 0.3 is 5.97 Å². The Kier molecular flexibility index (Phi) is 4.19. The molecule has 2 nitrogen and oxygen atoms in total. The minimum atomic E-state index is -0.245. The third-order valence-corrected chi connectivity index (χ3v) is 3.54. The molecule has 0 aromatic heterocycles. The molecule has 14 heavy (non-hydrogen) atoms. The van der Waals surface area contributed by atoms with Gasteiger partial charge in [0.15, 0.2) is 0 Å². The predicted molar refractivity (Wildman–Crippen MR) is 64.6 cm³/mol. The van der Waals surface area contributed by atoms with Gasteiger partial charge < -0.3 is 4.74 Å². The molecule has 76 valence electrons. The Morgan fingerprint density at radius 2 is 2.21 bits per heavy atom. The molecule has 0 fully saturated rings. The van der Waals surface area contributed by atoms with E-state index in [1.54, 1.807) is 6.07 Å². The van der Waals surface area contributed by atoms with Crippen LogP contribution in [-0.2, 0) is 9.53 Å². The zero-order valence-electron chi connectivity index (χ0n) is 7.88. The van der Waals surface area contributed by atoms with Gasteiger partial charge in [0, 0.05) is 3.57 Å². The van der Waals surface area contributed by atoms with E-state index in [0.717, 1.165) is 9.13 Å². The maximum atomic E-state index is 11.3. The molecule has 1 atom stereocenters. The molecule has 0 saturated carbocycles. The van der Waals surface area contributed by atoms with Crippen LogP contribution >= 0.6 is 34.2 Å². The monoisotopic (exact) mass is 324 g/mol. The van der Waals surface area contributed by atoms with E-state index in [1.165, 1.54) is 7.11 Å². The van der Waals surface area contributed by atoms with Crippen LogP contribution in [0.2, 0.25) is 5.02 Å². The number of ether oxygens (including phenoxy) is 1. The van der Waals surface area contributed by atoms with E-state index in [2.05, 4.69) is 27.3 Å². The lowest BCUT2D eigenvalue weighted by Crippen LogP contribution is -2.10. The van der Waals surface area contributed by atoms with Crippen LogP contribution in [0.4, 0.5) is 0 Å². The molecular weight excluding hydrogens is 314 g/mol. The van der Waals surface area contributed by atoms with Gasteiger partial charge in [0.1, 0.15) is 0 Å². The fourth-order valence-electron chi connectivity index (χ4n) is 1.09. The Balaban J connectivity index is 2.96. The number of rotatable bonds is 2. The molecule has 1 aromatic rings.